The van der Waals surface area contributed by atoms with Crippen molar-refractivity contribution in [3.8, 4) is 0 Å². The Hall–Kier alpha value is -1.14. The molecular weight excluding hydrogens is 330 g/mol. The van der Waals surface area contributed by atoms with Gasteiger partial charge in [-0.15, -0.1) is 0 Å². The van der Waals surface area contributed by atoms with Crippen LogP contribution in [0.5, 0.6) is 0 Å². The van der Waals surface area contributed by atoms with Crippen LogP contribution in [0.25, 0.3) is 0 Å². The average molecular weight is 354 g/mol. The number of aromatic nitrogens is 2. The molecule has 0 radical (unpaired) electrons. The first-order valence-corrected chi connectivity index (χ1v) is 9.36. The molecule has 1 aromatic heterocycles. The summed E-state index contributed by atoms with van der Waals surface area (Å²) >= 11 is 11.6. The zero-order valence-electron chi connectivity index (χ0n) is 13.4. The van der Waals surface area contributed by atoms with E-state index in [9.17, 15) is 0 Å². The normalized spacial score (nSPS) is 19.4. The molecular formula is C16H24ClN5S. The van der Waals surface area contributed by atoms with E-state index in [1.807, 2.05) is 6.07 Å². The van der Waals surface area contributed by atoms with Gasteiger partial charge in [0.1, 0.15) is 11.0 Å². The van der Waals surface area contributed by atoms with Crippen LogP contribution in [-0.2, 0) is 0 Å². The van der Waals surface area contributed by atoms with Gasteiger partial charge >= 0.3 is 0 Å². The lowest BCUT2D eigenvalue weighted by molar-refractivity contribution is 0.634. The van der Waals surface area contributed by atoms with Crippen molar-refractivity contribution in [2.75, 3.05) is 23.3 Å². The number of nitrogens with zero attached hydrogens (tertiary/aromatic N) is 3. The molecule has 2 aliphatic rings. The molecule has 0 spiro atoms. The van der Waals surface area contributed by atoms with Gasteiger partial charge in [-0.3, -0.25) is 0 Å². The Morgan fingerprint density at radius 2 is 1.78 bits per heavy atom. The molecule has 23 heavy (non-hydrogen) atoms. The summed E-state index contributed by atoms with van der Waals surface area (Å²) in [5, 5.41) is 7.46. The number of halogens is 1. The standard InChI is InChI=1S/C16H24ClN5S/c17-13-11-14(22-9-5-1-2-6-10-22)20-15(19-13)21-16(23)18-12-7-3-4-8-12/h11-12H,1-10H2,(H2,18,19,20,21,23). The predicted molar refractivity (Wildman–Crippen MR) is 99.3 cm³/mol. The summed E-state index contributed by atoms with van der Waals surface area (Å²) in [4.78, 5) is 11.2. The highest BCUT2D eigenvalue weighted by Crippen LogP contribution is 2.22. The SMILES string of the molecule is S=C(Nc1nc(Cl)cc(N2CCCCCC2)n1)NC1CCCC1. The first kappa shape index (κ1) is 16.7. The van der Waals surface area contributed by atoms with Gasteiger partial charge in [0.2, 0.25) is 5.95 Å². The fourth-order valence-corrected chi connectivity index (χ4v) is 3.75. The maximum absolute atomic E-state index is 6.18. The second kappa shape index (κ2) is 8.11. The molecule has 2 heterocycles. The van der Waals surface area contributed by atoms with E-state index < -0.39 is 0 Å². The largest absolute Gasteiger partial charge is 0.360 e. The number of nitrogens with one attached hydrogen (secondary N) is 2. The number of rotatable bonds is 3. The topological polar surface area (TPSA) is 53.1 Å². The van der Waals surface area contributed by atoms with Crippen LogP contribution in [0.2, 0.25) is 5.15 Å². The predicted octanol–water partition coefficient (Wildman–Crippen LogP) is 3.74. The van der Waals surface area contributed by atoms with Gasteiger partial charge in [-0.05, 0) is 37.9 Å². The molecule has 126 valence electrons. The molecule has 1 aliphatic heterocycles. The summed E-state index contributed by atoms with van der Waals surface area (Å²) in [7, 11) is 0. The zero-order valence-corrected chi connectivity index (χ0v) is 14.9. The molecule has 0 atom stereocenters. The molecule has 3 rings (SSSR count). The van der Waals surface area contributed by atoms with E-state index in [2.05, 4.69) is 25.5 Å². The van der Waals surface area contributed by atoms with E-state index >= 15 is 0 Å². The Labute approximate surface area is 148 Å². The Morgan fingerprint density at radius 3 is 2.48 bits per heavy atom. The minimum absolute atomic E-state index is 0.449. The van der Waals surface area contributed by atoms with Gasteiger partial charge in [-0.1, -0.05) is 37.3 Å². The Morgan fingerprint density at radius 1 is 1.09 bits per heavy atom. The third-order valence-electron chi connectivity index (χ3n) is 4.53. The van der Waals surface area contributed by atoms with Crippen LogP contribution in [0.1, 0.15) is 51.4 Å². The van der Waals surface area contributed by atoms with Crippen LogP contribution >= 0.6 is 23.8 Å². The highest BCUT2D eigenvalue weighted by Gasteiger charge is 2.17. The minimum atomic E-state index is 0.449. The van der Waals surface area contributed by atoms with E-state index in [-0.39, 0.29) is 0 Å². The van der Waals surface area contributed by atoms with Crippen LogP contribution in [0.4, 0.5) is 11.8 Å². The Kier molecular flexibility index (Phi) is 5.89. The highest BCUT2D eigenvalue weighted by atomic mass is 35.5. The van der Waals surface area contributed by atoms with Gasteiger partial charge < -0.3 is 15.5 Å². The highest BCUT2D eigenvalue weighted by molar-refractivity contribution is 7.80. The average Bonchev–Trinajstić information content (AvgIpc) is 2.86. The second-order valence-electron chi connectivity index (χ2n) is 6.35. The quantitative estimate of drug-likeness (QED) is 0.637. The summed E-state index contributed by atoms with van der Waals surface area (Å²) in [6.45, 7) is 2.05. The molecule has 0 bridgehead atoms. The lowest BCUT2D eigenvalue weighted by Crippen LogP contribution is -2.36. The molecule has 2 fully saturated rings. The van der Waals surface area contributed by atoms with Crippen molar-refractivity contribution in [1.29, 1.82) is 0 Å². The number of hydrogen-bond donors (Lipinski definition) is 2. The van der Waals surface area contributed by atoms with Gasteiger partial charge in [-0.25, -0.2) is 4.98 Å². The van der Waals surface area contributed by atoms with Crippen molar-refractivity contribution in [2.45, 2.75) is 57.4 Å². The van der Waals surface area contributed by atoms with E-state index in [1.165, 1.54) is 51.4 Å². The molecule has 2 N–H and O–H groups in total. The molecule has 5 nitrogen and oxygen atoms in total. The van der Waals surface area contributed by atoms with Crippen molar-refractivity contribution in [2.24, 2.45) is 0 Å². The molecule has 1 aliphatic carbocycles. The van der Waals surface area contributed by atoms with Gasteiger partial charge in [-0.2, -0.15) is 4.98 Å². The van der Waals surface area contributed by atoms with Crippen molar-refractivity contribution in [3.63, 3.8) is 0 Å². The number of hydrogen-bond acceptors (Lipinski definition) is 4. The van der Waals surface area contributed by atoms with Gasteiger partial charge in [0, 0.05) is 25.2 Å². The summed E-state index contributed by atoms with van der Waals surface area (Å²) in [5.74, 6) is 1.37. The first-order chi connectivity index (χ1) is 11.2. The monoisotopic (exact) mass is 353 g/mol. The molecule has 7 heteroatoms. The molecule has 1 saturated carbocycles. The summed E-state index contributed by atoms with van der Waals surface area (Å²) in [6.07, 6.45) is 9.87. The first-order valence-electron chi connectivity index (χ1n) is 8.58. The Balaban J connectivity index is 1.65. The van der Waals surface area contributed by atoms with Gasteiger partial charge in [0.05, 0.1) is 0 Å². The van der Waals surface area contributed by atoms with Crippen molar-refractivity contribution >= 4 is 40.7 Å². The molecule has 0 amide bonds. The van der Waals surface area contributed by atoms with Gasteiger partial charge in [0.15, 0.2) is 5.11 Å². The molecule has 1 saturated heterocycles. The van der Waals surface area contributed by atoms with Crippen LogP contribution in [-0.4, -0.2) is 34.2 Å². The maximum atomic E-state index is 6.18. The van der Waals surface area contributed by atoms with Crippen molar-refractivity contribution in [3.05, 3.63) is 11.2 Å². The fourth-order valence-electron chi connectivity index (χ4n) is 3.32. The lowest BCUT2D eigenvalue weighted by Gasteiger charge is -2.22. The second-order valence-corrected chi connectivity index (χ2v) is 7.15. The van der Waals surface area contributed by atoms with Crippen LogP contribution in [0.15, 0.2) is 6.07 Å². The summed E-state index contributed by atoms with van der Waals surface area (Å²) in [5.41, 5.74) is 0. The Bertz CT molecular complexity index is 539. The lowest BCUT2D eigenvalue weighted by atomic mass is 10.2. The van der Waals surface area contributed by atoms with Crippen LogP contribution in [0.3, 0.4) is 0 Å². The molecule has 1 aromatic rings. The van der Waals surface area contributed by atoms with E-state index in [0.29, 0.717) is 22.3 Å². The number of anilines is 2. The maximum Gasteiger partial charge on any atom is 0.232 e. The third kappa shape index (κ3) is 4.91. The zero-order chi connectivity index (χ0) is 16.1. The minimum Gasteiger partial charge on any atom is -0.360 e. The van der Waals surface area contributed by atoms with E-state index in [0.717, 1.165) is 18.9 Å². The van der Waals surface area contributed by atoms with Crippen LogP contribution < -0.4 is 15.5 Å². The molecule has 0 aromatic carbocycles. The van der Waals surface area contributed by atoms with Crippen molar-refractivity contribution < 1.29 is 0 Å². The summed E-state index contributed by atoms with van der Waals surface area (Å²) in [6, 6.07) is 2.31. The number of thiocarbonyl (C=S) groups is 1. The van der Waals surface area contributed by atoms with Gasteiger partial charge in [0.25, 0.3) is 0 Å². The smallest absolute Gasteiger partial charge is 0.232 e. The van der Waals surface area contributed by atoms with E-state index in [4.69, 9.17) is 23.8 Å². The summed E-state index contributed by atoms with van der Waals surface area (Å²) < 4.78 is 0. The van der Waals surface area contributed by atoms with Crippen molar-refractivity contribution in [1.82, 2.24) is 15.3 Å². The van der Waals surface area contributed by atoms with Crippen LogP contribution in [0, 0.1) is 0 Å². The van der Waals surface area contributed by atoms with E-state index in [1.54, 1.807) is 0 Å². The fraction of sp³-hybridized carbons (Fsp3) is 0.688. The molecule has 0 unspecified atom stereocenters. The third-order valence-corrected chi connectivity index (χ3v) is 4.94.